The zero-order valence-corrected chi connectivity index (χ0v) is 21.8. The highest BCUT2D eigenvalue weighted by Crippen LogP contribution is 2.36. The molecule has 0 atom stereocenters. The lowest BCUT2D eigenvalue weighted by atomic mass is 10.0. The van der Waals surface area contributed by atoms with Gasteiger partial charge in [-0.3, -0.25) is 9.58 Å². The number of benzene rings is 1. The van der Waals surface area contributed by atoms with Gasteiger partial charge in [-0.15, -0.1) is 11.8 Å². The van der Waals surface area contributed by atoms with Crippen molar-refractivity contribution < 1.29 is 13.2 Å². The summed E-state index contributed by atoms with van der Waals surface area (Å²) in [4.78, 5) is 3.48. The van der Waals surface area contributed by atoms with Gasteiger partial charge in [-0.1, -0.05) is 24.6 Å². The monoisotopic (exact) mass is 512 g/mol. The summed E-state index contributed by atoms with van der Waals surface area (Å²) in [7, 11) is -3.26. The SMILES string of the molecule is CCCSc1cc(-c2nn(CCCN3CCOCC3)c3c2CN(S(C)(=O)=O)CC3)ccc1Cl. The van der Waals surface area contributed by atoms with Crippen LogP contribution in [-0.2, 0) is 34.3 Å². The van der Waals surface area contributed by atoms with Gasteiger partial charge in [-0.2, -0.15) is 9.40 Å². The molecule has 10 heteroatoms. The molecule has 0 N–H and O–H groups in total. The van der Waals surface area contributed by atoms with Crippen LogP contribution >= 0.6 is 23.4 Å². The molecule has 3 heterocycles. The fourth-order valence-electron chi connectivity index (χ4n) is 4.41. The first-order valence-electron chi connectivity index (χ1n) is 11.6. The maximum atomic E-state index is 12.3. The van der Waals surface area contributed by atoms with Crippen molar-refractivity contribution in [1.29, 1.82) is 0 Å². The minimum atomic E-state index is -3.26. The Kier molecular flexibility index (Phi) is 8.41. The minimum absolute atomic E-state index is 0.368. The topological polar surface area (TPSA) is 67.7 Å². The predicted molar refractivity (Wildman–Crippen MR) is 135 cm³/mol. The third-order valence-electron chi connectivity index (χ3n) is 6.18. The second kappa shape index (κ2) is 11.1. The van der Waals surface area contributed by atoms with Gasteiger partial charge in [0.1, 0.15) is 0 Å². The number of halogens is 1. The molecule has 0 amide bonds. The number of thioether (sulfide) groups is 1. The number of nitrogens with zero attached hydrogens (tertiary/aromatic N) is 4. The Labute approximate surface area is 206 Å². The van der Waals surface area contributed by atoms with Crippen LogP contribution in [-0.4, -0.2) is 78.8 Å². The van der Waals surface area contributed by atoms with Crippen LogP contribution in [0.1, 0.15) is 31.0 Å². The lowest BCUT2D eigenvalue weighted by molar-refractivity contribution is 0.0368. The largest absolute Gasteiger partial charge is 0.379 e. The molecular formula is C23H33ClN4O3S2. The van der Waals surface area contributed by atoms with Crippen molar-refractivity contribution in [2.45, 2.75) is 44.2 Å². The van der Waals surface area contributed by atoms with Gasteiger partial charge in [-0.05, 0) is 30.7 Å². The Hall–Kier alpha value is -1.10. The number of hydrogen-bond donors (Lipinski definition) is 0. The number of aryl methyl sites for hydroxylation is 1. The van der Waals surface area contributed by atoms with Crippen LogP contribution in [0.5, 0.6) is 0 Å². The van der Waals surface area contributed by atoms with E-state index < -0.39 is 10.0 Å². The lowest BCUT2D eigenvalue weighted by Crippen LogP contribution is -2.37. The fourth-order valence-corrected chi connectivity index (χ4v) is 6.32. The van der Waals surface area contributed by atoms with E-state index in [9.17, 15) is 8.42 Å². The second-order valence-corrected chi connectivity index (χ2v) is 12.2. The minimum Gasteiger partial charge on any atom is -0.379 e. The molecule has 182 valence electrons. The Balaban J connectivity index is 1.62. The zero-order chi connectivity index (χ0) is 23.4. The Bertz CT molecular complexity index is 1070. The van der Waals surface area contributed by atoms with Gasteiger partial charge >= 0.3 is 0 Å². The van der Waals surface area contributed by atoms with Crippen molar-refractivity contribution in [3.05, 3.63) is 34.5 Å². The lowest BCUT2D eigenvalue weighted by Gasteiger charge is -2.27. The molecule has 2 aliphatic rings. The molecule has 7 nitrogen and oxygen atoms in total. The normalized spacial score (nSPS) is 17.9. The van der Waals surface area contributed by atoms with E-state index in [0.29, 0.717) is 19.5 Å². The van der Waals surface area contributed by atoms with Gasteiger partial charge in [-0.25, -0.2) is 8.42 Å². The third-order valence-corrected chi connectivity index (χ3v) is 9.13. The van der Waals surface area contributed by atoms with Gasteiger partial charge in [0.05, 0.1) is 30.2 Å². The molecule has 0 unspecified atom stereocenters. The van der Waals surface area contributed by atoms with Crippen LogP contribution in [0, 0.1) is 0 Å². The number of ether oxygens (including phenoxy) is 1. The second-order valence-electron chi connectivity index (χ2n) is 8.64. The molecule has 33 heavy (non-hydrogen) atoms. The summed E-state index contributed by atoms with van der Waals surface area (Å²) in [6.45, 7) is 8.43. The highest BCUT2D eigenvalue weighted by Gasteiger charge is 2.30. The molecule has 0 spiro atoms. The third kappa shape index (κ3) is 6.13. The first kappa shape index (κ1) is 25.0. The molecule has 4 rings (SSSR count). The van der Waals surface area contributed by atoms with Crippen LogP contribution in [0.25, 0.3) is 11.3 Å². The van der Waals surface area contributed by atoms with E-state index in [1.165, 1.54) is 6.26 Å². The predicted octanol–water partition coefficient (Wildman–Crippen LogP) is 3.75. The van der Waals surface area contributed by atoms with E-state index in [1.807, 2.05) is 12.1 Å². The first-order valence-corrected chi connectivity index (χ1v) is 14.8. The molecule has 0 bridgehead atoms. The number of aromatic nitrogens is 2. The van der Waals surface area contributed by atoms with Gasteiger partial charge in [0.25, 0.3) is 0 Å². The van der Waals surface area contributed by atoms with Gasteiger partial charge < -0.3 is 4.74 Å². The fraction of sp³-hybridized carbons (Fsp3) is 0.609. The molecule has 1 aromatic carbocycles. The van der Waals surface area contributed by atoms with Crippen LogP contribution in [0.4, 0.5) is 0 Å². The number of hydrogen-bond acceptors (Lipinski definition) is 6. The van der Waals surface area contributed by atoms with Gasteiger partial charge in [0.15, 0.2) is 0 Å². The Morgan fingerprint density at radius 2 is 1.97 bits per heavy atom. The zero-order valence-electron chi connectivity index (χ0n) is 19.4. The number of morpholine rings is 1. The van der Waals surface area contributed by atoms with Crippen LogP contribution < -0.4 is 0 Å². The number of rotatable bonds is 9. The summed E-state index contributed by atoms with van der Waals surface area (Å²) in [5.74, 6) is 0.999. The van der Waals surface area contributed by atoms with Crippen LogP contribution in [0.15, 0.2) is 23.1 Å². The quantitative estimate of drug-likeness (QED) is 0.477. The highest BCUT2D eigenvalue weighted by molar-refractivity contribution is 7.99. The molecule has 0 radical (unpaired) electrons. The van der Waals surface area contributed by atoms with Crippen molar-refractivity contribution in [3.8, 4) is 11.3 Å². The molecule has 1 saturated heterocycles. The Morgan fingerprint density at radius 3 is 2.70 bits per heavy atom. The van der Waals surface area contributed by atoms with E-state index in [0.717, 1.165) is 90.4 Å². The molecule has 0 aliphatic carbocycles. The number of sulfonamides is 1. The van der Waals surface area contributed by atoms with E-state index in [4.69, 9.17) is 21.4 Å². The molecule has 0 saturated carbocycles. The first-order chi connectivity index (χ1) is 15.9. The number of fused-ring (bicyclic) bond motifs is 1. The van der Waals surface area contributed by atoms with E-state index in [2.05, 4.69) is 22.6 Å². The van der Waals surface area contributed by atoms with Gasteiger partial charge in [0, 0.05) is 67.4 Å². The maximum absolute atomic E-state index is 12.3. The van der Waals surface area contributed by atoms with Crippen LogP contribution in [0.2, 0.25) is 5.02 Å². The standard InChI is InChI=1S/C23H33ClN4O3S2/c1-3-15-32-22-16-18(5-6-20(22)24)23-19-17-27(33(2,29)30)10-7-21(19)28(25-23)9-4-8-26-11-13-31-14-12-26/h5-6,16H,3-4,7-15,17H2,1-2H3. The van der Waals surface area contributed by atoms with Crippen LogP contribution in [0.3, 0.4) is 0 Å². The van der Waals surface area contributed by atoms with Crippen molar-refractivity contribution in [2.75, 3.05) is 51.4 Å². The smallest absolute Gasteiger partial charge is 0.211 e. The maximum Gasteiger partial charge on any atom is 0.211 e. The Morgan fingerprint density at radius 1 is 1.18 bits per heavy atom. The van der Waals surface area contributed by atoms with Crippen molar-refractivity contribution >= 4 is 33.4 Å². The van der Waals surface area contributed by atoms with Crippen molar-refractivity contribution in [1.82, 2.24) is 19.0 Å². The van der Waals surface area contributed by atoms with E-state index in [1.54, 1.807) is 16.1 Å². The summed E-state index contributed by atoms with van der Waals surface area (Å²) in [5, 5.41) is 5.76. The van der Waals surface area contributed by atoms with Crippen molar-refractivity contribution in [2.24, 2.45) is 0 Å². The molecule has 1 aromatic heterocycles. The highest BCUT2D eigenvalue weighted by atomic mass is 35.5. The molecule has 2 aliphatic heterocycles. The summed E-state index contributed by atoms with van der Waals surface area (Å²) < 4.78 is 33.7. The van der Waals surface area contributed by atoms with E-state index in [-0.39, 0.29) is 0 Å². The van der Waals surface area contributed by atoms with E-state index >= 15 is 0 Å². The summed E-state index contributed by atoms with van der Waals surface area (Å²) >= 11 is 8.19. The van der Waals surface area contributed by atoms with Crippen molar-refractivity contribution in [3.63, 3.8) is 0 Å². The molecule has 2 aromatic rings. The summed E-state index contributed by atoms with van der Waals surface area (Å²) in [6, 6.07) is 6.02. The summed E-state index contributed by atoms with van der Waals surface area (Å²) in [6.07, 6.45) is 4.04. The summed E-state index contributed by atoms with van der Waals surface area (Å²) in [5.41, 5.74) is 4.05. The average molecular weight is 513 g/mol. The molecule has 1 fully saturated rings. The molecular weight excluding hydrogens is 480 g/mol. The van der Waals surface area contributed by atoms with Gasteiger partial charge in [0.2, 0.25) is 10.0 Å². The average Bonchev–Trinajstić information content (AvgIpc) is 3.17.